The van der Waals surface area contributed by atoms with E-state index in [9.17, 15) is 4.39 Å². The molecule has 0 heterocycles. The van der Waals surface area contributed by atoms with Crippen LogP contribution in [0.2, 0.25) is 0 Å². The number of rotatable bonds is 6. The Morgan fingerprint density at radius 2 is 2.19 bits per heavy atom. The molecule has 0 aliphatic rings. The molecule has 1 nitrogen and oxygen atoms in total. The van der Waals surface area contributed by atoms with Gasteiger partial charge in [0.05, 0.1) is 0 Å². The molecule has 0 saturated carbocycles. The second-order valence-corrected chi connectivity index (χ2v) is 5.36. The molecule has 0 saturated heterocycles. The van der Waals surface area contributed by atoms with Gasteiger partial charge in [-0.15, -0.1) is 11.7 Å². The SMILES string of the molecule is CC(SS)c1cccc(CCCCN)c1F. The number of thiol groups is 1. The zero-order chi connectivity index (χ0) is 12.0. The number of aryl methyl sites for hydroxylation is 1. The molecule has 1 unspecified atom stereocenters. The Kier molecular flexibility index (Phi) is 6.24. The van der Waals surface area contributed by atoms with Crippen molar-refractivity contribution in [1.82, 2.24) is 0 Å². The van der Waals surface area contributed by atoms with Crippen LogP contribution in [0.1, 0.15) is 36.1 Å². The van der Waals surface area contributed by atoms with Crippen molar-refractivity contribution < 1.29 is 4.39 Å². The van der Waals surface area contributed by atoms with Crippen LogP contribution >= 0.6 is 22.5 Å². The number of hydrogen-bond acceptors (Lipinski definition) is 3. The molecule has 1 aromatic carbocycles. The van der Waals surface area contributed by atoms with Gasteiger partial charge in [0.1, 0.15) is 5.82 Å². The van der Waals surface area contributed by atoms with Gasteiger partial charge in [0.25, 0.3) is 0 Å². The zero-order valence-electron chi connectivity index (χ0n) is 9.45. The maximum atomic E-state index is 14.1. The minimum atomic E-state index is -0.0754. The second-order valence-electron chi connectivity index (χ2n) is 3.81. The first-order chi connectivity index (χ1) is 7.70. The smallest absolute Gasteiger partial charge is 0.130 e. The van der Waals surface area contributed by atoms with Crippen molar-refractivity contribution in [1.29, 1.82) is 0 Å². The minimum Gasteiger partial charge on any atom is -0.330 e. The maximum absolute atomic E-state index is 14.1. The molecule has 2 N–H and O–H groups in total. The first kappa shape index (κ1) is 13.9. The lowest BCUT2D eigenvalue weighted by Crippen LogP contribution is -2.01. The zero-order valence-corrected chi connectivity index (χ0v) is 11.2. The Hall–Kier alpha value is -0.190. The van der Waals surface area contributed by atoms with Crippen LogP contribution in [0.4, 0.5) is 4.39 Å². The summed E-state index contributed by atoms with van der Waals surface area (Å²) in [6.45, 7) is 2.63. The van der Waals surface area contributed by atoms with Crippen molar-refractivity contribution in [3.63, 3.8) is 0 Å². The van der Waals surface area contributed by atoms with Gasteiger partial charge in [-0.1, -0.05) is 29.0 Å². The quantitative estimate of drug-likeness (QED) is 0.462. The van der Waals surface area contributed by atoms with Crippen molar-refractivity contribution >= 4 is 22.5 Å². The normalized spacial score (nSPS) is 12.8. The fraction of sp³-hybridized carbons (Fsp3) is 0.500. The topological polar surface area (TPSA) is 26.0 Å². The van der Waals surface area contributed by atoms with E-state index in [4.69, 9.17) is 5.73 Å². The van der Waals surface area contributed by atoms with Crippen LogP contribution in [0.15, 0.2) is 18.2 Å². The van der Waals surface area contributed by atoms with Crippen molar-refractivity contribution in [3.05, 3.63) is 35.1 Å². The van der Waals surface area contributed by atoms with Gasteiger partial charge in [-0.25, -0.2) is 4.39 Å². The van der Waals surface area contributed by atoms with E-state index in [1.165, 1.54) is 10.8 Å². The van der Waals surface area contributed by atoms with Gasteiger partial charge in [-0.05, 0) is 38.3 Å². The van der Waals surface area contributed by atoms with Crippen LogP contribution in [-0.4, -0.2) is 6.54 Å². The maximum Gasteiger partial charge on any atom is 0.130 e. The molecule has 16 heavy (non-hydrogen) atoms. The molecule has 4 heteroatoms. The molecule has 0 aliphatic heterocycles. The first-order valence-electron chi connectivity index (χ1n) is 5.48. The number of nitrogens with two attached hydrogens (primary N) is 1. The summed E-state index contributed by atoms with van der Waals surface area (Å²) < 4.78 is 14.1. The largest absolute Gasteiger partial charge is 0.330 e. The van der Waals surface area contributed by atoms with Crippen molar-refractivity contribution in [2.75, 3.05) is 6.54 Å². The van der Waals surface area contributed by atoms with E-state index in [2.05, 4.69) is 11.7 Å². The van der Waals surface area contributed by atoms with Crippen LogP contribution in [0, 0.1) is 5.82 Å². The van der Waals surface area contributed by atoms with E-state index >= 15 is 0 Å². The molecular weight excluding hydrogens is 241 g/mol. The summed E-state index contributed by atoms with van der Waals surface area (Å²) >= 11 is 4.13. The Balaban J connectivity index is 2.78. The van der Waals surface area contributed by atoms with Crippen LogP contribution in [0.3, 0.4) is 0 Å². The summed E-state index contributed by atoms with van der Waals surface area (Å²) in [4.78, 5) is 0. The Bertz CT molecular complexity index is 331. The van der Waals surface area contributed by atoms with Crippen LogP contribution in [-0.2, 0) is 6.42 Å². The average molecular weight is 259 g/mol. The van der Waals surface area contributed by atoms with Crippen molar-refractivity contribution in [2.45, 2.75) is 31.4 Å². The fourth-order valence-corrected chi connectivity index (χ4v) is 2.26. The molecule has 0 aliphatic carbocycles. The number of halogens is 1. The summed E-state index contributed by atoms with van der Waals surface area (Å²) in [7, 11) is 1.36. The third kappa shape index (κ3) is 3.68. The standard InChI is InChI=1S/C12H18FNS2/c1-9(16-15)11-7-4-6-10(12(11)13)5-2-3-8-14/h4,6-7,9,15H,2-3,5,8,14H2,1H3. The van der Waals surface area contributed by atoms with Gasteiger partial charge in [-0.2, -0.15) is 0 Å². The Morgan fingerprint density at radius 3 is 2.81 bits per heavy atom. The first-order valence-corrected chi connectivity index (χ1v) is 7.41. The lowest BCUT2D eigenvalue weighted by atomic mass is 10.0. The lowest BCUT2D eigenvalue weighted by Gasteiger charge is -2.12. The minimum absolute atomic E-state index is 0.0754. The van der Waals surface area contributed by atoms with Gasteiger partial charge in [-0.3, -0.25) is 0 Å². The second kappa shape index (κ2) is 7.20. The van der Waals surface area contributed by atoms with Crippen molar-refractivity contribution in [3.8, 4) is 0 Å². The van der Waals surface area contributed by atoms with Crippen LogP contribution in [0.5, 0.6) is 0 Å². The highest BCUT2D eigenvalue weighted by Gasteiger charge is 2.13. The molecule has 1 atom stereocenters. The van der Waals surface area contributed by atoms with E-state index < -0.39 is 0 Å². The van der Waals surface area contributed by atoms with Crippen LogP contribution < -0.4 is 5.73 Å². The molecular formula is C12H18FNS2. The summed E-state index contributed by atoms with van der Waals surface area (Å²) in [5.41, 5.74) is 6.96. The van der Waals surface area contributed by atoms with Gasteiger partial charge >= 0.3 is 0 Å². The Morgan fingerprint density at radius 1 is 1.44 bits per heavy atom. The monoisotopic (exact) mass is 259 g/mol. The predicted molar refractivity (Wildman–Crippen MR) is 73.4 cm³/mol. The van der Waals surface area contributed by atoms with Crippen molar-refractivity contribution in [2.24, 2.45) is 5.73 Å². The predicted octanol–water partition coefficient (Wildman–Crippen LogP) is 3.75. The summed E-state index contributed by atoms with van der Waals surface area (Å²) in [6.07, 6.45) is 2.65. The molecule has 1 rings (SSSR count). The third-order valence-corrected chi connectivity index (χ3v) is 4.12. The molecule has 0 amide bonds. The van der Waals surface area contributed by atoms with Gasteiger partial charge in [0, 0.05) is 10.8 Å². The average Bonchev–Trinajstić information content (AvgIpc) is 2.30. The van der Waals surface area contributed by atoms with Gasteiger partial charge < -0.3 is 5.73 Å². The van der Waals surface area contributed by atoms with Crippen LogP contribution in [0.25, 0.3) is 0 Å². The fourth-order valence-electron chi connectivity index (χ4n) is 1.62. The molecule has 0 spiro atoms. The molecule has 90 valence electrons. The highest BCUT2D eigenvalue weighted by molar-refractivity contribution is 8.68. The molecule has 0 bridgehead atoms. The number of hydrogen-bond donors (Lipinski definition) is 2. The lowest BCUT2D eigenvalue weighted by molar-refractivity contribution is 0.586. The Labute approximate surface area is 106 Å². The van der Waals surface area contributed by atoms with Gasteiger partial charge in [0.2, 0.25) is 0 Å². The summed E-state index contributed by atoms with van der Waals surface area (Å²) in [5.74, 6) is -0.0754. The van der Waals surface area contributed by atoms with E-state index in [0.717, 1.165) is 30.4 Å². The highest BCUT2D eigenvalue weighted by atomic mass is 33.1. The third-order valence-electron chi connectivity index (χ3n) is 2.60. The van der Waals surface area contributed by atoms with E-state index in [1.54, 1.807) is 0 Å². The summed E-state index contributed by atoms with van der Waals surface area (Å²) in [5, 5.41) is 0.0813. The van der Waals surface area contributed by atoms with E-state index in [0.29, 0.717) is 6.54 Å². The van der Waals surface area contributed by atoms with Gasteiger partial charge in [0.15, 0.2) is 0 Å². The molecule has 0 fully saturated rings. The van der Waals surface area contributed by atoms with E-state index in [1.807, 2.05) is 25.1 Å². The molecule has 0 aromatic heterocycles. The van der Waals surface area contributed by atoms with E-state index in [-0.39, 0.29) is 11.1 Å². The molecule has 1 aromatic rings. The number of unbranched alkanes of at least 4 members (excludes halogenated alkanes) is 1. The highest BCUT2D eigenvalue weighted by Crippen LogP contribution is 2.33. The number of benzene rings is 1. The molecule has 0 radical (unpaired) electrons. The summed E-state index contributed by atoms with van der Waals surface area (Å²) in [6, 6.07) is 5.59.